The predicted molar refractivity (Wildman–Crippen MR) is 116 cm³/mol. The normalized spacial score (nSPS) is 14.0. The number of alkyl halides is 3. The zero-order valence-electron chi connectivity index (χ0n) is 18.0. The fourth-order valence-corrected chi connectivity index (χ4v) is 4.15. The molecule has 1 aliphatic rings. The van der Waals surface area contributed by atoms with Gasteiger partial charge in [-0.3, -0.25) is 9.63 Å². The van der Waals surface area contributed by atoms with Crippen molar-refractivity contribution >= 4 is 17.5 Å². The topological polar surface area (TPSA) is 73.4 Å². The predicted octanol–water partition coefficient (Wildman–Crippen LogP) is 5.92. The Morgan fingerprint density at radius 2 is 1.81 bits per heavy atom. The van der Waals surface area contributed by atoms with E-state index in [1.54, 1.807) is 0 Å². The number of carbonyl (C=O) groups is 1. The van der Waals surface area contributed by atoms with Gasteiger partial charge in [-0.1, -0.05) is 35.0 Å². The van der Waals surface area contributed by atoms with E-state index in [1.807, 2.05) is 0 Å². The molecule has 1 aliphatic heterocycles. The Kier molecular flexibility index (Phi) is 6.00. The summed E-state index contributed by atoms with van der Waals surface area (Å²) >= 11 is 6.15. The molecule has 3 heterocycles. The molecule has 2 aromatic heterocycles. The molecule has 2 aromatic carbocycles. The largest absolute Gasteiger partial charge is 0.434 e. The van der Waals surface area contributed by atoms with Gasteiger partial charge < -0.3 is 4.52 Å². The quantitative estimate of drug-likeness (QED) is 0.310. The van der Waals surface area contributed by atoms with Crippen molar-refractivity contribution in [3.63, 3.8) is 0 Å². The van der Waals surface area contributed by atoms with Gasteiger partial charge in [-0.05, 0) is 30.7 Å². The summed E-state index contributed by atoms with van der Waals surface area (Å²) in [7, 11) is 0. The maximum absolute atomic E-state index is 14.7. The van der Waals surface area contributed by atoms with Crippen LogP contribution in [-0.4, -0.2) is 39.1 Å². The van der Waals surface area contributed by atoms with Crippen molar-refractivity contribution < 1.29 is 36.1 Å². The Balaban J connectivity index is 1.78. The second-order valence-corrected chi connectivity index (χ2v) is 8.10. The molecule has 1 fully saturated rings. The molecule has 13 heteroatoms. The lowest BCUT2D eigenvalue weighted by Gasteiger charge is -2.15. The second-order valence-electron chi connectivity index (χ2n) is 7.69. The number of hydrogen-bond donors (Lipinski definition) is 0. The summed E-state index contributed by atoms with van der Waals surface area (Å²) in [6.07, 6.45) is -3.83. The van der Waals surface area contributed by atoms with E-state index in [-0.39, 0.29) is 23.7 Å². The summed E-state index contributed by atoms with van der Waals surface area (Å²) in [5.74, 6) is -3.41. The maximum Gasteiger partial charge on any atom is 0.434 e. The molecule has 186 valence electrons. The summed E-state index contributed by atoms with van der Waals surface area (Å²) < 4.78 is 77.6. The molecule has 0 atom stereocenters. The summed E-state index contributed by atoms with van der Waals surface area (Å²) in [5.41, 5.74) is -3.89. The first-order valence-corrected chi connectivity index (χ1v) is 10.9. The highest BCUT2D eigenvalue weighted by Crippen LogP contribution is 2.43. The minimum atomic E-state index is -5.07. The Bertz CT molecular complexity index is 1440. The van der Waals surface area contributed by atoms with Crippen molar-refractivity contribution in [2.75, 3.05) is 13.2 Å². The molecule has 7 nitrogen and oxygen atoms in total. The minimum Gasteiger partial charge on any atom is -0.355 e. The van der Waals surface area contributed by atoms with Crippen LogP contribution in [0.5, 0.6) is 0 Å². The third kappa shape index (κ3) is 4.01. The lowest BCUT2D eigenvalue weighted by Crippen LogP contribution is -2.27. The SMILES string of the molecule is O=C(c1c(-c2c(F)cccc2Cl)noc1-c1cnn(-c2ccccc2F)c1C(F)(F)F)N1CCCO1. The number of benzene rings is 2. The lowest BCUT2D eigenvalue weighted by molar-refractivity contribution is -0.142. The van der Waals surface area contributed by atoms with E-state index in [0.717, 1.165) is 29.5 Å². The molecule has 1 saturated heterocycles. The van der Waals surface area contributed by atoms with Crippen LogP contribution in [0.4, 0.5) is 22.0 Å². The Hall–Kier alpha value is -3.77. The second kappa shape index (κ2) is 9.03. The van der Waals surface area contributed by atoms with Gasteiger partial charge in [-0.2, -0.15) is 18.3 Å². The van der Waals surface area contributed by atoms with Crippen molar-refractivity contribution in [2.45, 2.75) is 12.6 Å². The highest BCUT2D eigenvalue weighted by Gasteiger charge is 2.43. The van der Waals surface area contributed by atoms with Crippen molar-refractivity contribution in [1.29, 1.82) is 0 Å². The van der Waals surface area contributed by atoms with Crippen LogP contribution in [-0.2, 0) is 11.0 Å². The number of carbonyl (C=O) groups excluding carboxylic acids is 1. The summed E-state index contributed by atoms with van der Waals surface area (Å²) in [4.78, 5) is 18.6. The first-order chi connectivity index (χ1) is 17.2. The van der Waals surface area contributed by atoms with Gasteiger partial charge in [0.2, 0.25) is 0 Å². The number of aromatic nitrogens is 3. The molecule has 36 heavy (non-hydrogen) atoms. The number of nitrogens with zero attached hydrogens (tertiary/aromatic N) is 4. The smallest absolute Gasteiger partial charge is 0.355 e. The van der Waals surface area contributed by atoms with Gasteiger partial charge in [0.05, 0.1) is 35.5 Å². The molecule has 0 unspecified atom stereocenters. The van der Waals surface area contributed by atoms with Gasteiger partial charge in [-0.25, -0.2) is 18.5 Å². The van der Waals surface area contributed by atoms with Gasteiger partial charge in [0.25, 0.3) is 5.91 Å². The van der Waals surface area contributed by atoms with E-state index in [4.69, 9.17) is 21.0 Å². The molecule has 0 N–H and O–H groups in total. The third-order valence-corrected chi connectivity index (χ3v) is 5.76. The molecule has 0 spiro atoms. The zero-order chi connectivity index (χ0) is 25.6. The molecule has 0 aliphatic carbocycles. The van der Waals surface area contributed by atoms with E-state index < -0.39 is 57.7 Å². The van der Waals surface area contributed by atoms with Crippen LogP contribution < -0.4 is 0 Å². The molecule has 0 radical (unpaired) electrons. The number of para-hydroxylation sites is 1. The van der Waals surface area contributed by atoms with Crippen LogP contribution in [0.3, 0.4) is 0 Å². The van der Waals surface area contributed by atoms with Crippen LogP contribution in [0.25, 0.3) is 28.3 Å². The summed E-state index contributed by atoms with van der Waals surface area (Å²) in [6, 6.07) is 8.42. The Labute approximate surface area is 204 Å². The molecular weight excluding hydrogens is 511 g/mol. The number of rotatable bonds is 4. The first-order valence-electron chi connectivity index (χ1n) is 10.5. The molecule has 1 amide bonds. The Morgan fingerprint density at radius 3 is 2.47 bits per heavy atom. The van der Waals surface area contributed by atoms with E-state index in [9.17, 15) is 26.7 Å². The van der Waals surface area contributed by atoms with Crippen molar-refractivity contribution in [3.8, 4) is 28.3 Å². The van der Waals surface area contributed by atoms with Crippen LogP contribution in [0, 0.1) is 11.6 Å². The molecule has 0 saturated carbocycles. The van der Waals surface area contributed by atoms with Gasteiger partial charge in [-0.15, -0.1) is 0 Å². The highest BCUT2D eigenvalue weighted by atomic mass is 35.5. The van der Waals surface area contributed by atoms with Crippen LogP contribution in [0.1, 0.15) is 22.5 Å². The van der Waals surface area contributed by atoms with Crippen molar-refractivity contribution in [1.82, 2.24) is 20.0 Å². The Morgan fingerprint density at radius 1 is 1.06 bits per heavy atom. The average Bonchev–Trinajstić information content (AvgIpc) is 3.58. The third-order valence-electron chi connectivity index (χ3n) is 5.45. The lowest BCUT2D eigenvalue weighted by atomic mass is 10.0. The van der Waals surface area contributed by atoms with Crippen molar-refractivity contribution in [2.24, 2.45) is 0 Å². The fourth-order valence-electron chi connectivity index (χ4n) is 3.89. The number of hydrogen-bond acceptors (Lipinski definition) is 5. The first kappa shape index (κ1) is 23.9. The number of amides is 1. The number of hydroxylamine groups is 2. The fraction of sp³-hybridized carbons (Fsp3) is 0.174. The van der Waals surface area contributed by atoms with E-state index in [1.165, 1.54) is 24.3 Å². The van der Waals surface area contributed by atoms with E-state index in [2.05, 4.69) is 10.3 Å². The van der Waals surface area contributed by atoms with Gasteiger partial charge >= 0.3 is 6.18 Å². The number of halogens is 6. The van der Waals surface area contributed by atoms with E-state index >= 15 is 0 Å². The standard InChI is InChI=1S/C23H14ClF5N4O3/c24-13-5-3-7-15(26)17(13)19-18(22(34)32-9-4-10-35-32)20(36-31-19)12-11-30-33(21(12)23(27,28)29)16-8-2-1-6-14(16)25/h1-3,5-8,11H,4,9-10H2. The maximum atomic E-state index is 14.7. The average molecular weight is 525 g/mol. The van der Waals surface area contributed by atoms with Crippen LogP contribution >= 0.6 is 11.6 Å². The van der Waals surface area contributed by atoms with Crippen molar-refractivity contribution in [3.05, 3.63) is 76.6 Å². The summed E-state index contributed by atoms with van der Waals surface area (Å²) in [6.45, 7) is 0.329. The zero-order valence-corrected chi connectivity index (χ0v) is 18.8. The molecule has 0 bridgehead atoms. The monoisotopic (exact) mass is 524 g/mol. The van der Waals surface area contributed by atoms with Crippen LogP contribution in [0.15, 0.2) is 53.2 Å². The van der Waals surface area contributed by atoms with Gasteiger partial charge in [0.15, 0.2) is 11.5 Å². The highest BCUT2D eigenvalue weighted by molar-refractivity contribution is 6.33. The minimum absolute atomic E-state index is 0.133. The van der Waals surface area contributed by atoms with E-state index in [0.29, 0.717) is 11.1 Å². The van der Waals surface area contributed by atoms with Crippen LogP contribution in [0.2, 0.25) is 5.02 Å². The molecule has 5 rings (SSSR count). The van der Waals surface area contributed by atoms with Gasteiger partial charge in [0.1, 0.15) is 28.6 Å². The molecule has 4 aromatic rings. The van der Waals surface area contributed by atoms with Gasteiger partial charge in [0, 0.05) is 0 Å². The summed E-state index contributed by atoms with van der Waals surface area (Å²) in [5, 5.41) is 8.21. The molecular formula is C23H14ClF5N4O3.